The molecule has 3 saturated carbocycles. The molecule has 626 valence electrons. The fourth-order valence-electron chi connectivity index (χ4n) is 14.2. The molecule has 0 saturated heterocycles. The zero-order valence-electron chi connectivity index (χ0n) is 72.5. The minimum Gasteiger partial charge on any atom is -0.479 e. The maximum Gasteiger partial charge on any atom is 0.489 e. The summed E-state index contributed by atoms with van der Waals surface area (Å²) in [6, 6.07) is 9.96. The number of nitrogens with zero attached hydrogens (tertiary/aromatic N) is 3. The zero-order chi connectivity index (χ0) is 84.5. The fraction of sp³-hybridized carbons (Fsp3) is 0.609. The lowest BCUT2D eigenvalue weighted by Crippen LogP contribution is -2.34. The van der Waals surface area contributed by atoms with E-state index in [1.165, 1.54) is 84.9 Å². The number of aliphatic carboxylic acids is 1. The van der Waals surface area contributed by atoms with E-state index in [4.69, 9.17) is 45.3 Å². The van der Waals surface area contributed by atoms with E-state index in [9.17, 15) is 33.9 Å². The highest BCUT2D eigenvalue weighted by Gasteiger charge is 2.41. The Labute approximate surface area is 696 Å². The Morgan fingerprint density at radius 3 is 1.11 bits per heavy atom. The van der Waals surface area contributed by atoms with Crippen molar-refractivity contribution in [3.8, 4) is 20.9 Å². The van der Waals surface area contributed by atoms with Gasteiger partial charge < -0.3 is 52.5 Å². The molecule has 3 atom stereocenters. The van der Waals surface area contributed by atoms with E-state index >= 15 is 0 Å². The number of allylic oxidation sites excluding steroid dienone is 6. The van der Waals surface area contributed by atoms with Crippen LogP contribution in [0.15, 0.2) is 87.6 Å². The molecule has 17 nitrogen and oxygen atoms in total. The highest BCUT2D eigenvalue weighted by atomic mass is 35.5. The van der Waals surface area contributed by atoms with Gasteiger partial charge >= 0.3 is 25.0 Å². The first kappa shape index (κ1) is 93.2. The second-order valence-electron chi connectivity index (χ2n) is 37.9. The maximum atomic E-state index is 13.3. The summed E-state index contributed by atoms with van der Waals surface area (Å²) in [4.78, 5) is 80.1. The second-order valence-corrected chi connectivity index (χ2v) is 42.2. The third-order valence-corrected chi connectivity index (χ3v) is 24.6. The van der Waals surface area contributed by atoms with Crippen LogP contribution in [0.5, 0.6) is 0 Å². The first-order valence-corrected chi connectivity index (χ1v) is 44.1. The number of carbonyl (C=O) groups is 3. The molecule has 6 aliphatic carbocycles. The average molecular weight is 1650 g/mol. The van der Waals surface area contributed by atoms with Gasteiger partial charge in [0.05, 0.1) is 30.0 Å². The van der Waals surface area contributed by atoms with Crippen LogP contribution >= 0.6 is 45.6 Å². The molecule has 22 heteroatoms. The van der Waals surface area contributed by atoms with Crippen LogP contribution in [-0.4, -0.2) is 83.9 Å². The summed E-state index contributed by atoms with van der Waals surface area (Å²) in [6.45, 7) is 50.2. The smallest absolute Gasteiger partial charge is 0.479 e. The van der Waals surface area contributed by atoms with Gasteiger partial charge in [-0.2, -0.15) is 0 Å². The van der Waals surface area contributed by atoms with Crippen molar-refractivity contribution < 1.29 is 53.2 Å². The van der Waals surface area contributed by atoms with Crippen LogP contribution in [0, 0.1) is 60.7 Å². The van der Waals surface area contributed by atoms with Gasteiger partial charge in [-0.15, -0.1) is 34.0 Å². The molecule has 0 amide bonds. The van der Waals surface area contributed by atoms with Gasteiger partial charge in [0.15, 0.2) is 18.3 Å². The number of hydrogen-bond acceptors (Lipinski definition) is 16. The Kier molecular flexibility index (Phi) is 32.0. The topological polar surface area (TPSA) is 224 Å². The number of aryl methyl sites for hydroxylation is 3. The lowest BCUT2D eigenvalue weighted by atomic mass is 9.76. The van der Waals surface area contributed by atoms with Gasteiger partial charge in [0.2, 0.25) is 5.56 Å². The monoisotopic (exact) mass is 1640 g/mol. The molecule has 3 unspecified atom stereocenters. The van der Waals surface area contributed by atoms with Gasteiger partial charge in [-0.1, -0.05) is 98.2 Å². The van der Waals surface area contributed by atoms with Crippen LogP contribution in [0.3, 0.4) is 0 Å². The van der Waals surface area contributed by atoms with Gasteiger partial charge in [0.1, 0.15) is 4.34 Å². The van der Waals surface area contributed by atoms with Crippen molar-refractivity contribution in [3.05, 3.63) is 157 Å². The van der Waals surface area contributed by atoms with E-state index in [1.807, 2.05) is 124 Å². The number of rotatable bonds is 23. The van der Waals surface area contributed by atoms with Crippen LogP contribution in [-0.2, 0) is 57.7 Å². The molecule has 3 N–H and O–H groups in total. The standard InChI is InChI=1S/C30H41NO4S.C28H37NO4S.C21H31ClO3S.C9H12BNO3.C4H10/c1-8-34-28(33)26(35-29(3,4)5)24-19(2)36-27(25(24)21-13-15-30(6,7)16-14-21)22-11-12-23(32)31(18-22)17-20-9-10-20;1-17-22(24(26(31)32)33-27(2,3)4)23(19-11-13-28(5,6)14-12-19)25(34-17)20-9-10-21(30)29(16-20)15-18-7-8-18;1-8-24-19(23)17(25-20(3,4)5)15-13(2)26-18(22)16(15)14-9-11-21(6,7)12-10-14;12-9-4-3-8(10(13)14)6-11(9)5-7-1-2-7;1-4(2)3/h11-13,18,20,26H,8-10,14-17H2,1-7H3;9-11,16,18,24H,7-8,12-15H2,1-6H3,(H,31,32);9,17H,8,10-12H2,1-7H3;3-4,6-7,13-14H,1-2,5H2;4H,1-3H3. The largest absolute Gasteiger partial charge is 0.489 e. The van der Waals surface area contributed by atoms with Crippen molar-refractivity contribution in [2.24, 2.45) is 39.9 Å². The van der Waals surface area contributed by atoms with Gasteiger partial charge in [0, 0.05) is 125 Å². The van der Waals surface area contributed by atoms with Crippen molar-refractivity contribution in [2.75, 3.05) is 13.2 Å². The van der Waals surface area contributed by atoms with Crippen LogP contribution in [0.2, 0.25) is 4.34 Å². The van der Waals surface area contributed by atoms with E-state index in [0.29, 0.717) is 48.4 Å². The molecule has 12 rings (SSSR count). The van der Waals surface area contributed by atoms with Crippen molar-refractivity contribution in [1.29, 1.82) is 0 Å². The number of aromatic nitrogens is 3. The number of esters is 2. The minimum absolute atomic E-state index is 0.0174. The molecule has 6 aliphatic rings. The number of pyridine rings is 3. The van der Waals surface area contributed by atoms with E-state index < -0.39 is 48.2 Å². The molecular weight excluding hydrogens is 1510 g/mol. The van der Waals surface area contributed by atoms with Crippen LogP contribution < -0.4 is 22.1 Å². The number of thiophene rings is 3. The maximum absolute atomic E-state index is 13.3. The first-order valence-electron chi connectivity index (χ1n) is 41.3. The molecule has 0 aromatic carbocycles. The molecule has 0 aliphatic heterocycles. The van der Waals surface area contributed by atoms with Crippen LogP contribution in [0.25, 0.3) is 37.6 Å². The van der Waals surface area contributed by atoms with E-state index in [-0.39, 0.29) is 39.4 Å². The third-order valence-electron chi connectivity index (χ3n) is 20.9. The molecule has 114 heavy (non-hydrogen) atoms. The Morgan fingerprint density at radius 2 is 0.807 bits per heavy atom. The molecule has 6 heterocycles. The molecule has 6 aromatic rings. The van der Waals surface area contributed by atoms with E-state index in [1.54, 1.807) is 39.4 Å². The zero-order valence-corrected chi connectivity index (χ0v) is 75.7. The molecular formula is C92H131BClN3O14S3. The van der Waals surface area contributed by atoms with Gasteiger partial charge in [-0.25, -0.2) is 14.4 Å². The number of carboxylic acid groups (broad SMARTS) is 1. The minimum atomic E-state index is -1.50. The summed E-state index contributed by atoms with van der Waals surface area (Å²) in [6.07, 6.45) is 25.8. The number of carboxylic acids is 1. The van der Waals surface area contributed by atoms with Gasteiger partial charge in [0.25, 0.3) is 11.1 Å². The molecule has 6 aromatic heterocycles. The normalized spacial score (nSPS) is 18.0. The summed E-state index contributed by atoms with van der Waals surface area (Å²) < 4.78 is 35.5. The number of hydrogen-bond donors (Lipinski definition) is 3. The van der Waals surface area contributed by atoms with Crippen molar-refractivity contribution in [3.63, 3.8) is 0 Å². The Hall–Kier alpha value is -6.27. The summed E-state index contributed by atoms with van der Waals surface area (Å²) in [5, 5.41) is 28.1. The summed E-state index contributed by atoms with van der Waals surface area (Å²) in [7, 11) is -1.50. The van der Waals surface area contributed by atoms with Crippen molar-refractivity contribution in [2.45, 2.75) is 310 Å². The highest BCUT2D eigenvalue weighted by Crippen LogP contribution is 2.53. The van der Waals surface area contributed by atoms with Crippen molar-refractivity contribution >= 4 is 92.8 Å². The predicted molar refractivity (Wildman–Crippen MR) is 469 cm³/mol. The Balaban J connectivity index is 0.000000194. The quantitative estimate of drug-likeness (QED) is 0.0401. The molecule has 3 fully saturated rings. The average Bonchev–Trinajstić information content (AvgIpc) is 1.61. The highest BCUT2D eigenvalue weighted by molar-refractivity contribution is 7.17. The molecule has 0 bridgehead atoms. The number of ether oxygens (including phenoxy) is 5. The summed E-state index contributed by atoms with van der Waals surface area (Å²) >= 11 is 11.4. The lowest BCUT2D eigenvalue weighted by Gasteiger charge is -2.31. The number of halogens is 1. The predicted octanol–water partition coefficient (Wildman–Crippen LogP) is 21.5. The van der Waals surface area contributed by atoms with Gasteiger partial charge in [-0.3, -0.25) is 14.4 Å². The third kappa shape index (κ3) is 27.1. The lowest BCUT2D eigenvalue weighted by molar-refractivity contribution is -0.167. The van der Waals surface area contributed by atoms with Crippen LogP contribution in [0.4, 0.5) is 0 Å². The van der Waals surface area contributed by atoms with E-state index in [2.05, 4.69) is 87.5 Å². The van der Waals surface area contributed by atoms with Crippen molar-refractivity contribution in [1.82, 2.24) is 13.7 Å². The second kappa shape index (κ2) is 39.1. The molecule has 0 radical (unpaired) electrons. The van der Waals surface area contributed by atoms with Crippen LogP contribution in [0.1, 0.15) is 301 Å². The Morgan fingerprint density at radius 1 is 0.500 bits per heavy atom. The SMILES string of the molecule is CC(C)C.CCOC(=O)C(OC(C)(C)C)c1c(C)sc(-c2ccc(=O)n(CC3CC3)c2)c1C1=CCC(C)(C)CC1.CCOC(=O)C(OC(C)(C)C)c1c(C)sc(Cl)c1C1=CCC(C)(C)CC1.Cc1sc(-c2ccc(=O)n(CC3CC3)c2)c(C2=CCC(C)(C)CC2)c1C(OC(C)(C)C)C(=O)O.O=c1ccc(B(O)O)cn1CC1CC1. The first-order chi connectivity index (χ1) is 53.1. The van der Waals surface area contributed by atoms with E-state index in [0.717, 1.165) is 150 Å². The fourth-order valence-corrected chi connectivity index (χ4v) is 18.1. The molecule has 0 spiro atoms. The number of carbonyl (C=O) groups excluding carboxylic acids is 2. The van der Waals surface area contributed by atoms with Gasteiger partial charge in [-0.05, 0) is 267 Å². The Bertz CT molecular complexity index is 4620. The summed E-state index contributed by atoms with van der Waals surface area (Å²) in [5.74, 6) is 0.954. The summed E-state index contributed by atoms with van der Waals surface area (Å²) in [5.41, 5.74) is 10.8.